The van der Waals surface area contributed by atoms with Crippen LogP contribution >= 0.6 is 0 Å². The highest BCUT2D eigenvalue weighted by Crippen LogP contribution is 2.36. The zero-order chi connectivity index (χ0) is 29.1. The highest BCUT2D eigenvalue weighted by atomic mass is 16.7. The van der Waals surface area contributed by atoms with Gasteiger partial charge in [-0.3, -0.25) is 9.59 Å². The molecule has 1 heterocycles. The zero-order valence-electron chi connectivity index (χ0n) is 23.1. The summed E-state index contributed by atoms with van der Waals surface area (Å²) in [5, 5.41) is 0. The molecular formula is C28H32N2O10. The Morgan fingerprint density at radius 1 is 0.600 bits per heavy atom. The number of carbonyl (C=O) groups is 2. The third kappa shape index (κ3) is 7.10. The van der Waals surface area contributed by atoms with E-state index in [0.29, 0.717) is 22.6 Å². The molecule has 0 radical (unpaired) electrons. The first kappa shape index (κ1) is 30.4. The van der Waals surface area contributed by atoms with Gasteiger partial charge in [-0.2, -0.15) is 0 Å². The molecule has 214 valence electrons. The van der Waals surface area contributed by atoms with Crippen LogP contribution in [0.2, 0.25) is 0 Å². The second kappa shape index (κ2) is 14.9. The molecule has 0 spiro atoms. The van der Waals surface area contributed by atoms with Gasteiger partial charge in [0.2, 0.25) is 11.8 Å². The summed E-state index contributed by atoms with van der Waals surface area (Å²) in [7, 11) is 8.24. The fourth-order valence-corrected chi connectivity index (χ4v) is 4.08. The number of ether oxygens (including phenoxy) is 8. The molecule has 0 aliphatic rings. The van der Waals surface area contributed by atoms with Crippen LogP contribution in [0.5, 0.6) is 23.3 Å². The van der Waals surface area contributed by atoms with Gasteiger partial charge in [0, 0.05) is 39.6 Å². The van der Waals surface area contributed by atoms with Crippen LogP contribution in [-0.2, 0) is 38.0 Å². The van der Waals surface area contributed by atoms with Crippen molar-refractivity contribution in [3.8, 4) is 23.3 Å². The molecule has 0 saturated heterocycles. The molecule has 3 aromatic rings. The van der Waals surface area contributed by atoms with Crippen molar-refractivity contribution < 1.29 is 47.5 Å². The minimum atomic E-state index is -0.939. The lowest BCUT2D eigenvalue weighted by Gasteiger charge is -2.25. The summed E-state index contributed by atoms with van der Waals surface area (Å²) in [6, 6.07) is 15.2. The lowest BCUT2D eigenvalue weighted by molar-refractivity contribution is -0.164. The monoisotopic (exact) mass is 556 g/mol. The van der Waals surface area contributed by atoms with Crippen LogP contribution in [0.25, 0.3) is 0 Å². The summed E-state index contributed by atoms with van der Waals surface area (Å²) in [6.45, 7) is 0. The summed E-state index contributed by atoms with van der Waals surface area (Å²) >= 11 is 0. The molecule has 0 bridgehead atoms. The van der Waals surface area contributed by atoms with E-state index in [9.17, 15) is 9.59 Å². The fraction of sp³-hybridized carbons (Fsp3) is 0.357. The molecule has 12 heteroatoms. The molecule has 2 atom stereocenters. The van der Waals surface area contributed by atoms with Crippen LogP contribution in [-0.4, -0.2) is 77.1 Å². The molecule has 0 N–H and O–H groups in total. The highest BCUT2D eigenvalue weighted by Gasteiger charge is 2.35. The van der Waals surface area contributed by atoms with Crippen LogP contribution in [0.15, 0.2) is 60.9 Å². The van der Waals surface area contributed by atoms with Crippen molar-refractivity contribution >= 4 is 11.9 Å². The fourth-order valence-electron chi connectivity index (χ4n) is 4.08. The maximum absolute atomic E-state index is 12.6. The maximum Gasteiger partial charge on any atom is 0.318 e. The smallest absolute Gasteiger partial charge is 0.318 e. The van der Waals surface area contributed by atoms with Crippen molar-refractivity contribution in [1.82, 2.24) is 9.97 Å². The van der Waals surface area contributed by atoms with Gasteiger partial charge in [-0.15, -0.1) is 0 Å². The molecule has 0 aliphatic carbocycles. The van der Waals surface area contributed by atoms with Gasteiger partial charge in [0.1, 0.15) is 29.7 Å². The number of carbonyl (C=O) groups excluding carboxylic acids is 2. The minimum absolute atomic E-state index is 0.126. The number of methoxy groups -OCH3 is 6. The Kier molecular flexibility index (Phi) is 11.3. The number of hydrogen-bond donors (Lipinski definition) is 0. The minimum Gasteiger partial charge on any atom is -0.468 e. The lowest BCUT2D eigenvalue weighted by Crippen LogP contribution is -2.30. The van der Waals surface area contributed by atoms with E-state index in [1.165, 1.54) is 55.1 Å². The maximum atomic E-state index is 12.6. The zero-order valence-corrected chi connectivity index (χ0v) is 23.1. The summed E-state index contributed by atoms with van der Waals surface area (Å²) in [5.74, 6) is -2.14. The molecule has 0 fully saturated rings. The molecular weight excluding hydrogens is 524 g/mol. The number of aromatic nitrogens is 2. The normalized spacial score (nSPS) is 12.6. The van der Waals surface area contributed by atoms with E-state index < -0.39 is 36.4 Å². The second-order valence-electron chi connectivity index (χ2n) is 8.16. The number of nitrogens with zero attached hydrogens (tertiary/aromatic N) is 2. The lowest BCUT2D eigenvalue weighted by atomic mass is 9.97. The Morgan fingerprint density at radius 2 is 0.975 bits per heavy atom. The average Bonchev–Trinajstić information content (AvgIpc) is 2.99. The Labute approximate surface area is 232 Å². The standard InChI is InChI=1S/C28H32N2O10/c1-33-25(31)23(27(35-3)36-4)17-11-7-9-13-19(17)39-21-15-22(30-16-29-21)40-20-14-10-8-12-18(20)24(26(32)34-2)28(37-5)38-6/h7-16,23-24,27-28H,1-6H3. The van der Waals surface area contributed by atoms with Gasteiger partial charge in [-0.05, 0) is 12.1 Å². The van der Waals surface area contributed by atoms with Gasteiger partial charge in [0.05, 0.1) is 20.3 Å². The Bertz CT molecular complexity index is 1170. The van der Waals surface area contributed by atoms with Crippen molar-refractivity contribution in [1.29, 1.82) is 0 Å². The van der Waals surface area contributed by atoms with Crippen LogP contribution in [0, 0.1) is 0 Å². The average molecular weight is 557 g/mol. The van der Waals surface area contributed by atoms with E-state index in [-0.39, 0.29) is 11.8 Å². The van der Waals surface area contributed by atoms with Gasteiger partial charge in [0.15, 0.2) is 12.6 Å². The Balaban J connectivity index is 1.95. The van der Waals surface area contributed by atoms with Crippen molar-refractivity contribution in [3.63, 3.8) is 0 Å². The summed E-state index contributed by atoms with van der Waals surface area (Å²) < 4.78 is 43.4. The number of benzene rings is 2. The summed E-state index contributed by atoms with van der Waals surface area (Å²) in [5.41, 5.74) is 0.918. The quantitative estimate of drug-likeness (QED) is 0.211. The number of para-hydroxylation sites is 2. The molecule has 3 rings (SSSR count). The highest BCUT2D eigenvalue weighted by molar-refractivity contribution is 5.80. The Morgan fingerprint density at radius 3 is 1.32 bits per heavy atom. The molecule has 0 saturated carbocycles. The van der Waals surface area contributed by atoms with Gasteiger partial charge < -0.3 is 37.9 Å². The van der Waals surface area contributed by atoms with Crippen LogP contribution < -0.4 is 9.47 Å². The van der Waals surface area contributed by atoms with Gasteiger partial charge >= 0.3 is 11.9 Å². The molecule has 12 nitrogen and oxygen atoms in total. The van der Waals surface area contributed by atoms with Crippen LogP contribution in [0.1, 0.15) is 23.0 Å². The topological polar surface area (TPSA) is 134 Å². The van der Waals surface area contributed by atoms with E-state index in [4.69, 9.17) is 37.9 Å². The van der Waals surface area contributed by atoms with Crippen molar-refractivity contribution in [2.45, 2.75) is 24.4 Å². The van der Waals surface area contributed by atoms with Gasteiger partial charge in [-0.25, -0.2) is 9.97 Å². The van der Waals surface area contributed by atoms with Crippen LogP contribution in [0.4, 0.5) is 0 Å². The van der Waals surface area contributed by atoms with Crippen molar-refractivity contribution in [2.24, 2.45) is 0 Å². The summed E-state index contributed by atoms with van der Waals surface area (Å²) in [4.78, 5) is 33.6. The van der Waals surface area contributed by atoms with E-state index >= 15 is 0 Å². The summed E-state index contributed by atoms with van der Waals surface area (Å²) in [6.07, 6.45) is -0.598. The van der Waals surface area contributed by atoms with E-state index in [1.807, 2.05) is 0 Å². The largest absolute Gasteiger partial charge is 0.468 e. The van der Waals surface area contributed by atoms with Crippen LogP contribution in [0.3, 0.4) is 0 Å². The van der Waals surface area contributed by atoms with E-state index in [2.05, 4.69) is 9.97 Å². The molecule has 0 aliphatic heterocycles. The predicted molar refractivity (Wildman–Crippen MR) is 140 cm³/mol. The van der Waals surface area contributed by atoms with Gasteiger partial charge in [0.25, 0.3) is 0 Å². The first-order chi connectivity index (χ1) is 19.4. The van der Waals surface area contributed by atoms with E-state index in [0.717, 1.165) is 0 Å². The van der Waals surface area contributed by atoms with Gasteiger partial charge in [-0.1, -0.05) is 36.4 Å². The second-order valence-corrected chi connectivity index (χ2v) is 8.16. The molecule has 40 heavy (non-hydrogen) atoms. The molecule has 2 aromatic carbocycles. The number of esters is 2. The molecule has 0 amide bonds. The predicted octanol–water partition coefficient (Wildman–Crippen LogP) is 3.81. The first-order valence-electron chi connectivity index (χ1n) is 12.0. The van der Waals surface area contributed by atoms with Crippen molar-refractivity contribution in [2.75, 3.05) is 42.7 Å². The molecule has 1 aromatic heterocycles. The first-order valence-corrected chi connectivity index (χ1v) is 12.0. The number of hydrogen-bond acceptors (Lipinski definition) is 12. The SMILES string of the molecule is COC(=O)C(c1ccccc1Oc1cc(Oc2ccccc2C(C(=O)OC)C(OC)OC)ncn1)C(OC)OC. The molecule has 2 unspecified atom stereocenters. The van der Waals surface area contributed by atoms with Crippen molar-refractivity contribution in [3.05, 3.63) is 72.1 Å². The third-order valence-corrected chi connectivity index (χ3v) is 5.94. The van der Waals surface area contributed by atoms with E-state index in [1.54, 1.807) is 48.5 Å². The third-order valence-electron chi connectivity index (χ3n) is 5.94. The number of rotatable bonds is 14. The Hall–Kier alpha value is -4.10.